The van der Waals surface area contributed by atoms with E-state index >= 15 is 0 Å². The van der Waals surface area contributed by atoms with Gasteiger partial charge in [0.25, 0.3) is 0 Å². The quantitative estimate of drug-likeness (QED) is 0.491. The van der Waals surface area contributed by atoms with Crippen molar-refractivity contribution in [2.24, 2.45) is 0 Å². The van der Waals surface area contributed by atoms with E-state index in [4.69, 9.17) is 0 Å². The van der Waals surface area contributed by atoms with Crippen molar-refractivity contribution in [3.8, 4) is 0 Å². The minimum Gasteiger partial charge on any atom is -0.0880 e. The van der Waals surface area contributed by atoms with E-state index < -0.39 is 0 Å². The fraction of sp³-hybridized carbons (Fsp3) is 0.692. The molecule has 0 aromatic heterocycles. The number of halogens is 1. The molecule has 0 spiro atoms. The second-order valence-electron chi connectivity index (χ2n) is 4.37. The number of alkyl halides is 1. The molecule has 0 aliphatic heterocycles. The topological polar surface area (TPSA) is 0 Å². The third-order valence-electron chi connectivity index (χ3n) is 2.87. The summed E-state index contributed by atoms with van der Waals surface area (Å²) in [6.45, 7) is 4.36. The average molecular weight is 257 g/mol. The van der Waals surface area contributed by atoms with E-state index in [0.717, 1.165) is 5.33 Å². The molecule has 0 nitrogen and oxygen atoms in total. The molecule has 0 atom stereocenters. The van der Waals surface area contributed by atoms with E-state index in [2.05, 4.69) is 35.9 Å². The fourth-order valence-electron chi connectivity index (χ4n) is 2.03. The first-order chi connectivity index (χ1) is 6.74. The van der Waals surface area contributed by atoms with Gasteiger partial charge in [0.05, 0.1) is 0 Å². The lowest BCUT2D eigenvalue weighted by molar-refractivity contribution is 0.650. The Kier molecular flexibility index (Phi) is 5.54. The Hall–Kier alpha value is -0.0400. The molecule has 1 heteroatoms. The van der Waals surface area contributed by atoms with Crippen LogP contribution in [0.4, 0.5) is 0 Å². The first-order valence-electron chi connectivity index (χ1n) is 5.63. The Labute approximate surface area is 96.6 Å². The van der Waals surface area contributed by atoms with Crippen molar-refractivity contribution in [3.63, 3.8) is 0 Å². The van der Waals surface area contributed by atoms with Crippen molar-refractivity contribution in [2.75, 3.05) is 5.33 Å². The van der Waals surface area contributed by atoms with Gasteiger partial charge in [-0.05, 0) is 52.4 Å². The van der Waals surface area contributed by atoms with Gasteiger partial charge in [-0.1, -0.05) is 38.7 Å². The van der Waals surface area contributed by atoms with E-state index in [9.17, 15) is 0 Å². The lowest BCUT2D eigenvalue weighted by Gasteiger charge is -2.18. The highest BCUT2D eigenvalue weighted by molar-refractivity contribution is 9.09. The highest BCUT2D eigenvalue weighted by Gasteiger charge is 2.10. The van der Waals surface area contributed by atoms with E-state index in [1.807, 2.05) is 0 Å². The molecule has 0 fully saturated rings. The van der Waals surface area contributed by atoms with Crippen molar-refractivity contribution in [1.82, 2.24) is 0 Å². The van der Waals surface area contributed by atoms with Gasteiger partial charge in [0.15, 0.2) is 0 Å². The Morgan fingerprint density at radius 3 is 2.43 bits per heavy atom. The van der Waals surface area contributed by atoms with Crippen molar-refractivity contribution in [2.45, 2.75) is 52.4 Å². The molecular weight excluding hydrogens is 236 g/mol. The molecule has 80 valence electrons. The van der Waals surface area contributed by atoms with E-state index in [0.29, 0.717) is 0 Å². The SMILES string of the molecule is CC(C)=CCCC1=C(CBr)CCCC1. The van der Waals surface area contributed by atoms with Crippen LogP contribution in [0.15, 0.2) is 22.8 Å². The van der Waals surface area contributed by atoms with Crippen LogP contribution >= 0.6 is 15.9 Å². The van der Waals surface area contributed by atoms with Crippen molar-refractivity contribution in [1.29, 1.82) is 0 Å². The van der Waals surface area contributed by atoms with E-state index in [1.165, 1.54) is 44.1 Å². The number of hydrogen-bond acceptors (Lipinski definition) is 0. The first-order valence-corrected chi connectivity index (χ1v) is 6.75. The van der Waals surface area contributed by atoms with Crippen molar-refractivity contribution >= 4 is 15.9 Å². The van der Waals surface area contributed by atoms with Gasteiger partial charge in [-0.15, -0.1) is 0 Å². The summed E-state index contributed by atoms with van der Waals surface area (Å²) >= 11 is 3.60. The van der Waals surface area contributed by atoms with Crippen LogP contribution in [-0.2, 0) is 0 Å². The monoisotopic (exact) mass is 256 g/mol. The summed E-state index contributed by atoms with van der Waals surface area (Å²) in [6.07, 6.45) is 10.3. The molecular formula is C13H21Br. The summed E-state index contributed by atoms with van der Waals surface area (Å²) in [6, 6.07) is 0. The van der Waals surface area contributed by atoms with Crippen molar-refractivity contribution in [3.05, 3.63) is 22.8 Å². The van der Waals surface area contributed by atoms with Crippen LogP contribution in [0.5, 0.6) is 0 Å². The maximum Gasteiger partial charge on any atom is 0.0244 e. The lowest BCUT2D eigenvalue weighted by atomic mass is 9.90. The summed E-state index contributed by atoms with van der Waals surface area (Å²) in [5.41, 5.74) is 4.85. The van der Waals surface area contributed by atoms with Gasteiger partial charge in [-0.3, -0.25) is 0 Å². The molecule has 1 aliphatic rings. The van der Waals surface area contributed by atoms with Gasteiger partial charge in [0, 0.05) is 5.33 Å². The molecule has 0 saturated heterocycles. The lowest BCUT2D eigenvalue weighted by Crippen LogP contribution is -2.01. The van der Waals surface area contributed by atoms with Crippen LogP contribution < -0.4 is 0 Å². The minimum atomic E-state index is 1.09. The van der Waals surface area contributed by atoms with Gasteiger partial charge in [-0.2, -0.15) is 0 Å². The molecule has 0 radical (unpaired) electrons. The zero-order chi connectivity index (χ0) is 10.4. The standard InChI is InChI=1S/C13H21Br/c1-11(2)6-5-9-12-7-3-4-8-13(12)10-14/h6H,3-5,7-10H2,1-2H3. The Bertz CT molecular complexity index is 232. The van der Waals surface area contributed by atoms with E-state index in [-0.39, 0.29) is 0 Å². The number of allylic oxidation sites excluding steroid dienone is 4. The molecule has 14 heavy (non-hydrogen) atoms. The molecule has 1 rings (SSSR count). The fourth-order valence-corrected chi connectivity index (χ4v) is 2.71. The minimum absolute atomic E-state index is 1.09. The van der Waals surface area contributed by atoms with Crippen LogP contribution in [0.1, 0.15) is 52.4 Å². The second-order valence-corrected chi connectivity index (χ2v) is 4.93. The molecule has 0 saturated carbocycles. The molecule has 0 aromatic carbocycles. The second kappa shape index (κ2) is 6.44. The molecule has 1 aliphatic carbocycles. The predicted octanol–water partition coefficient (Wildman–Crippen LogP) is 5.00. The van der Waals surface area contributed by atoms with Gasteiger partial charge in [-0.25, -0.2) is 0 Å². The van der Waals surface area contributed by atoms with Gasteiger partial charge in [0.1, 0.15) is 0 Å². The van der Waals surface area contributed by atoms with Crippen molar-refractivity contribution < 1.29 is 0 Å². The average Bonchev–Trinajstić information content (AvgIpc) is 2.18. The highest BCUT2D eigenvalue weighted by Crippen LogP contribution is 2.29. The van der Waals surface area contributed by atoms with Gasteiger partial charge in [0.2, 0.25) is 0 Å². The van der Waals surface area contributed by atoms with E-state index in [1.54, 1.807) is 11.1 Å². The van der Waals surface area contributed by atoms with Crippen LogP contribution in [0.2, 0.25) is 0 Å². The summed E-state index contributed by atoms with van der Waals surface area (Å²) in [7, 11) is 0. The summed E-state index contributed by atoms with van der Waals surface area (Å²) in [5.74, 6) is 0. The largest absolute Gasteiger partial charge is 0.0880 e. The smallest absolute Gasteiger partial charge is 0.0244 e. The maximum absolute atomic E-state index is 3.60. The Morgan fingerprint density at radius 2 is 1.86 bits per heavy atom. The normalized spacial score (nSPS) is 17.1. The number of rotatable bonds is 4. The third-order valence-corrected chi connectivity index (χ3v) is 3.54. The Morgan fingerprint density at radius 1 is 1.21 bits per heavy atom. The zero-order valence-corrected chi connectivity index (χ0v) is 11.0. The van der Waals surface area contributed by atoms with Crippen LogP contribution in [0, 0.1) is 0 Å². The van der Waals surface area contributed by atoms with Crippen LogP contribution in [0.3, 0.4) is 0 Å². The predicted molar refractivity (Wildman–Crippen MR) is 68.0 cm³/mol. The van der Waals surface area contributed by atoms with Crippen LogP contribution in [-0.4, -0.2) is 5.33 Å². The summed E-state index contributed by atoms with van der Waals surface area (Å²) < 4.78 is 0. The van der Waals surface area contributed by atoms with Crippen LogP contribution in [0.25, 0.3) is 0 Å². The first kappa shape index (κ1) is 12.0. The Balaban J connectivity index is 2.47. The molecule has 0 aromatic rings. The molecule has 0 unspecified atom stereocenters. The molecule has 0 heterocycles. The summed E-state index contributed by atoms with van der Waals surface area (Å²) in [5, 5.41) is 1.09. The third kappa shape index (κ3) is 4.00. The highest BCUT2D eigenvalue weighted by atomic mass is 79.9. The molecule has 0 N–H and O–H groups in total. The maximum atomic E-state index is 3.60. The molecule has 0 amide bonds. The summed E-state index contributed by atoms with van der Waals surface area (Å²) in [4.78, 5) is 0. The number of hydrogen-bond donors (Lipinski definition) is 0. The molecule has 0 bridgehead atoms. The zero-order valence-electron chi connectivity index (χ0n) is 9.41. The van der Waals surface area contributed by atoms with Gasteiger partial charge >= 0.3 is 0 Å². The van der Waals surface area contributed by atoms with Gasteiger partial charge < -0.3 is 0 Å².